The van der Waals surface area contributed by atoms with Gasteiger partial charge in [0, 0.05) is 44.3 Å². The molecule has 0 unspecified atom stereocenters. The van der Waals surface area contributed by atoms with Crippen LogP contribution in [0.15, 0.2) is 48.5 Å². The molecular formula is C37H53N3O6. The Morgan fingerprint density at radius 2 is 1.74 bits per heavy atom. The first-order chi connectivity index (χ1) is 22.2. The van der Waals surface area contributed by atoms with Crippen molar-refractivity contribution in [3.05, 3.63) is 59.7 Å². The van der Waals surface area contributed by atoms with Gasteiger partial charge in [-0.3, -0.25) is 14.4 Å². The van der Waals surface area contributed by atoms with Gasteiger partial charge in [0.25, 0.3) is 5.91 Å². The second-order valence-corrected chi connectivity index (χ2v) is 13.3. The second kappa shape index (κ2) is 17.5. The molecule has 9 heteroatoms. The fourth-order valence-corrected chi connectivity index (χ4v) is 6.35. The van der Waals surface area contributed by atoms with E-state index < -0.39 is 6.04 Å². The number of ether oxygens (including phenoxy) is 2. The van der Waals surface area contributed by atoms with E-state index in [1.165, 1.54) is 0 Å². The molecule has 252 valence electrons. The van der Waals surface area contributed by atoms with Gasteiger partial charge in [0.2, 0.25) is 11.8 Å². The average molecular weight is 636 g/mol. The topological polar surface area (TPSA) is 108 Å². The van der Waals surface area contributed by atoms with Crippen molar-refractivity contribution in [2.45, 2.75) is 96.8 Å². The number of carbonyl (C=O) groups is 3. The number of benzene rings is 2. The van der Waals surface area contributed by atoms with Crippen molar-refractivity contribution >= 4 is 23.4 Å². The fourth-order valence-electron chi connectivity index (χ4n) is 6.35. The standard InChI is InChI=1S/C37H53N3O6/c1-26-23-40(27(2)25-41)37(44)32-22-31(38-36(43)30-16-9-6-10-17-30)18-19-33(32)46-28(3)13-11-12-20-45-34(26)24-39(4)35(42)21-29-14-7-5-8-15-29/h5,7-8,14-15,18-19,22,26-28,30,34,41H,6,9-13,16-17,20-21,23-25H2,1-4H3,(H,38,43)/t26-,27+,28-,34+/m1/s1. The Balaban J connectivity index is 1.58. The van der Waals surface area contributed by atoms with Gasteiger partial charge in [-0.15, -0.1) is 0 Å². The predicted molar refractivity (Wildman–Crippen MR) is 180 cm³/mol. The monoisotopic (exact) mass is 635 g/mol. The Morgan fingerprint density at radius 1 is 1.02 bits per heavy atom. The van der Waals surface area contributed by atoms with Crippen LogP contribution in [0, 0.1) is 11.8 Å². The number of carbonyl (C=O) groups excluding carboxylic acids is 3. The van der Waals surface area contributed by atoms with Crippen LogP contribution >= 0.6 is 0 Å². The van der Waals surface area contributed by atoms with E-state index in [4.69, 9.17) is 9.47 Å². The van der Waals surface area contributed by atoms with Crippen molar-refractivity contribution in [2.75, 3.05) is 38.7 Å². The summed E-state index contributed by atoms with van der Waals surface area (Å²) in [4.78, 5) is 43.9. The number of anilines is 1. The third kappa shape index (κ3) is 10.0. The zero-order chi connectivity index (χ0) is 33.1. The first-order valence-electron chi connectivity index (χ1n) is 17.1. The number of nitrogens with one attached hydrogen (secondary N) is 1. The summed E-state index contributed by atoms with van der Waals surface area (Å²) in [6.45, 7) is 6.84. The lowest BCUT2D eigenvalue weighted by atomic mass is 9.88. The van der Waals surface area contributed by atoms with E-state index in [-0.39, 0.29) is 48.4 Å². The molecule has 1 aliphatic heterocycles. The number of hydrogen-bond donors (Lipinski definition) is 2. The zero-order valence-corrected chi connectivity index (χ0v) is 28.1. The van der Waals surface area contributed by atoms with Crippen molar-refractivity contribution in [2.24, 2.45) is 11.8 Å². The van der Waals surface area contributed by atoms with E-state index in [2.05, 4.69) is 5.32 Å². The Morgan fingerprint density at radius 3 is 2.46 bits per heavy atom. The molecule has 4 atom stereocenters. The van der Waals surface area contributed by atoms with Crippen molar-refractivity contribution in [1.29, 1.82) is 0 Å². The molecule has 3 amide bonds. The summed E-state index contributed by atoms with van der Waals surface area (Å²) >= 11 is 0. The summed E-state index contributed by atoms with van der Waals surface area (Å²) in [7, 11) is 1.80. The third-order valence-corrected chi connectivity index (χ3v) is 9.37. The van der Waals surface area contributed by atoms with Gasteiger partial charge in [0.15, 0.2) is 0 Å². The Labute approximate surface area is 274 Å². The summed E-state index contributed by atoms with van der Waals surface area (Å²) < 4.78 is 12.7. The maximum absolute atomic E-state index is 14.4. The van der Waals surface area contributed by atoms with E-state index in [9.17, 15) is 19.5 Å². The highest BCUT2D eigenvalue weighted by Gasteiger charge is 2.31. The number of fused-ring (bicyclic) bond motifs is 1. The number of hydrogen-bond acceptors (Lipinski definition) is 6. The van der Waals surface area contributed by atoms with Gasteiger partial charge in [-0.25, -0.2) is 0 Å². The quantitative estimate of drug-likeness (QED) is 0.385. The SMILES string of the molecule is C[C@@H]1CCCCO[C@@H](CN(C)C(=O)Cc2ccccc2)[C@H](C)CN([C@@H](C)CO)C(=O)c2cc(NC(=O)C3CCCCC3)ccc2O1. The number of nitrogens with zero attached hydrogens (tertiary/aromatic N) is 2. The minimum Gasteiger partial charge on any atom is -0.490 e. The third-order valence-electron chi connectivity index (χ3n) is 9.37. The average Bonchev–Trinajstić information content (AvgIpc) is 3.06. The Kier molecular flexibility index (Phi) is 13.5. The summed E-state index contributed by atoms with van der Waals surface area (Å²) in [5, 5.41) is 13.3. The van der Waals surface area contributed by atoms with Gasteiger partial charge in [0.1, 0.15) is 5.75 Å². The summed E-state index contributed by atoms with van der Waals surface area (Å²) in [5.41, 5.74) is 1.87. The van der Waals surface area contributed by atoms with Crippen LogP contribution in [0.25, 0.3) is 0 Å². The maximum atomic E-state index is 14.4. The van der Waals surface area contributed by atoms with Crippen LogP contribution in [0.4, 0.5) is 5.69 Å². The van der Waals surface area contributed by atoms with Crippen molar-refractivity contribution in [3.8, 4) is 5.75 Å². The molecule has 4 rings (SSSR count). The lowest BCUT2D eigenvalue weighted by Gasteiger charge is -2.36. The highest BCUT2D eigenvalue weighted by Crippen LogP contribution is 2.30. The van der Waals surface area contributed by atoms with E-state index in [1.54, 1.807) is 35.0 Å². The molecule has 0 aromatic heterocycles. The first-order valence-corrected chi connectivity index (χ1v) is 17.1. The predicted octanol–water partition coefficient (Wildman–Crippen LogP) is 5.70. The minimum absolute atomic E-state index is 0.000710. The molecule has 2 N–H and O–H groups in total. The van der Waals surface area contributed by atoms with Gasteiger partial charge < -0.3 is 29.7 Å². The largest absolute Gasteiger partial charge is 0.490 e. The number of rotatable bonds is 8. The van der Waals surface area contributed by atoms with Crippen LogP contribution in [0.2, 0.25) is 0 Å². The number of aliphatic hydroxyl groups excluding tert-OH is 1. The first kappa shape index (κ1) is 35.4. The van der Waals surface area contributed by atoms with Gasteiger partial charge in [-0.1, -0.05) is 56.5 Å². The van der Waals surface area contributed by atoms with Gasteiger partial charge in [0.05, 0.1) is 36.8 Å². The number of aliphatic hydroxyl groups is 1. The molecule has 1 aliphatic carbocycles. The molecule has 2 aromatic rings. The van der Waals surface area contributed by atoms with Crippen LogP contribution in [0.5, 0.6) is 5.75 Å². The highest BCUT2D eigenvalue weighted by atomic mass is 16.5. The molecular weight excluding hydrogens is 582 g/mol. The summed E-state index contributed by atoms with van der Waals surface area (Å²) in [5.74, 6) is 0.00468. The van der Waals surface area contributed by atoms with Crippen molar-refractivity contribution < 1.29 is 29.0 Å². The molecule has 2 aromatic carbocycles. The number of likely N-dealkylation sites (N-methyl/N-ethyl adjacent to an activating group) is 1. The normalized spacial score (nSPS) is 22.6. The molecule has 1 heterocycles. The molecule has 2 aliphatic rings. The lowest BCUT2D eigenvalue weighted by Crippen LogP contribution is -2.48. The molecule has 0 spiro atoms. The highest BCUT2D eigenvalue weighted by molar-refractivity contribution is 6.00. The van der Waals surface area contributed by atoms with Crippen LogP contribution < -0.4 is 10.1 Å². The van der Waals surface area contributed by atoms with Crippen molar-refractivity contribution in [3.63, 3.8) is 0 Å². The van der Waals surface area contributed by atoms with Crippen LogP contribution in [-0.2, 0) is 20.7 Å². The maximum Gasteiger partial charge on any atom is 0.258 e. The summed E-state index contributed by atoms with van der Waals surface area (Å²) in [6, 6.07) is 14.5. The van der Waals surface area contributed by atoms with E-state index >= 15 is 0 Å². The molecule has 1 fully saturated rings. The minimum atomic E-state index is -0.480. The van der Waals surface area contributed by atoms with Crippen LogP contribution in [-0.4, -0.2) is 84.2 Å². The lowest BCUT2D eigenvalue weighted by molar-refractivity contribution is -0.132. The molecule has 0 radical (unpaired) electrons. The zero-order valence-electron chi connectivity index (χ0n) is 28.1. The van der Waals surface area contributed by atoms with Crippen LogP contribution in [0.1, 0.15) is 88.1 Å². The van der Waals surface area contributed by atoms with E-state index in [1.807, 2.05) is 51.1 Å². The molecule has 1 saturated carbocycles. The van der Waals surface area contributed by atoms with Crippen LogP contribution in [0.3, 0.4) is 0 Å². The second-order valence-electron chi connectivity index (χ2n) is 13.3. The van der Waals surface area contributed by atoms with Gasteiger partial charge in [-0.2, -0.15) is 0 Å². The van der Waals surface area contributed by atoms with Crippen molar-refractivity contribution in [1.82, 2.24) is 9.80 Å². The van der Waals surface area contributed by atoms with Gasteiger partial charge >= 0.3 is 0 Å². The molecule has 0 saturated heterocycles. The molecule has 0 bridgehead atoms. The van der Waals surface area contributed by atoms with E-state index in [0.717, 1.165) is 56.9 Å². The molecule has 9 nitrogen and oxygen atoms in total. The fraction of sp³-hybridized carbons (Fsp3) is 0.595. The molecule has 46 heavy (non-hydrogen) atoms. The van der Waals surface area contributed by atoms with Gasteiger partial charge in [-0.05, 0) is 69.7 Å². The Bertz CT molecular complexity index is 1280. The summed E-state index contributed by atoms with van der Waals surface area (Å²) in [6.07, 6.45) is 7.39. The van der Waals surface area contributed by atoms with E-state index in [0.29, 0.717) is 43.1 Å². The smallest absolute Gasteiger partial charge is 0.258 e. The Hall–Kier alpha value is -3.43. The number of amides is 3.